The van der Waals surface area contributed by atoms with Crippen LogP contribution in [0.1, 0.15) is 0 Å². The SMILES string of the molecule is O=c1cnc2ccc3ncocc3c2n1. The molecule has 2 aromatic heterocycles. The number of hydrogen-bond donors (Lipinski definition) is 0. The van der Waals surface area contributed by atoms with Gasteiger partial charge in [-0.1, -0.05) is 0 Å². The van der Waals surface area contributed by atoms with E-state index in [1.54, 1.807) is 6.07 Å². The molecule has 0 unspecified atom stereocenters. The predicted molar refractivity (Wildman–Crippen MR) is 53.4 cm³/mol. The van der Waals surface area contributed by atoms with Gasteiger partial charge in [-0.2, -0.15) is 0 Å². The summed E-state index contributed by atoms with van der Waals surface area (Å²) in [7, 11) is 0. The molecule has 72 valence electrons. The van der Waals surface area contributed by atoms with Crippen molar-refractivity contribution in [3.63, 3.8) is 0 Å². The second kappa shape index (κ2) is 2.84. The van der Waals surface area contributed by atoms with E-state index in [4.69, 9.17) is 4.42 Å². The average Bonchev–Trinajstić information content (AvgIpc) is 2.29. The standard InChI is InChI=1S/C10H5N3O2/c14-9-3-11-8-2-1-7-6(10(8)13-9)4-15-5-12-7/h1-5H. The van der Waals surface area contributed by atoms with Crippen LogP contribution in [-0.4, -0.2) is 15.0 Å². The Morgan fingerprint density at radius 2 is 2.00 bits per heavy atom. The summed E-state index contributed by atoms with van der Waals surface area (Å²) < 4.78 is 4.96. The molecule has 0 saturated heterocycles. The first kappa shape index (κ1) is 8.05. The zero-order valence-corrected chi connectivity index (χ0v) is 7.54. The molecule has 1 aromatic carbocycles. The second-order valence-corrected chi connectivity index (χ2v) is 3.06. The van der Waals surface area contributed by atoms with Crippen LogP contribution in [0.3, 0.4) is 0 Å². The first-order valence-electron chi connectivity index (χ1n) is 4.32. The molecule has 0 atom stereocenters. The fourth-order valence-electron chi connectivity index (χ4n) is 1.49. The molecule has 15 heavy (non-hydrogen) atoms. The molecule has 2 heterocycles. The Morgan fingerprint density at radius 3 is 2.93 bits per heavy atom. The van der Waals surface area contributed by atoms with E-state index in [1.807, 2.05) is 6.07 Å². The summed E-state index contributed by atoms with van der Waals surface area (Å²) in [6, 6.07) is 3.59. The molecule has 0 spiro atoms. The second-order valence-electron chi connectivity index (χ2n) is 3.06. The highest BCUT2D eigenvalue weighted by Crippen LogP contribution is 2.18. The molecule has 5 heteroatoms. The Balaban J connectivity index is 2.63. The zero-order valence-electron chi connectivity index (χ0n) is 7.54. The monoisotopic (exact) mass is 199 g/mol. The largest absolute Gasteiger partial charge is 0.453 e. The summed E-state index contributed by atoms with van der Waals surface area (Å²) in [4.78, 5) is 23.0. The summed E-state index contributed by atoms with van der Waals surface area (Å²) in [6.45, 7) is 0. The van der Waals surface area contributed by atoms with Crippen molar-refractivity contribution in [2.24, 2.45) is 0 Å². The average molecular weight is 199 g/mol. The van der Waals surface area contributed by atoms with Gasteiger partial charge in [0, 0.05) is 0 Å². The fraction of sp³-hybridized carbons (Fsp3) is 0. The summed E-state index contributed by atoms with van der Waals surface area (Å²) in [6.07, 6.45) is 4.04. The van der Waals surface area contributed by atoms with Crippen LogP contribution in [0.5, 0.6) is 0 Å². The van der Waals surface area contributed by atoms with Crippen molar-refractivity contribution in [2.45, 2.75) is 0 Å². The quantitative estimate of drug-likeness (QED) is 0.507. The third-order valence-electron chi connectivity index (χ3n) is 2.15. The maximum Gasteiger partial charge on any atom is 0.288 e. The minimum Gasteiger partial charge on any atom is -0.453 e. The van der Waals surface area contributed by atoms with Crippen molar-refractivity contribution < 1.29 is 4.42 Å². The Kier molecular flexibility index (Phi) is 1.53. The molecular weight excluding hydrogens is 194 g/mol. The zero-order chi connectivity index (χ0) is 10.3. The van der Waals surface area contributed by atoms with Crippen molar-refractivity contribution in [1.29, 1.82) is 0 Å². The molecule has 0 amide bonds. The first-order valence-corrected chi connectivity index (χ1v) is 4.32. The molecule has 0 bridgehead atoms. The van der Waals surface area contributed by atoms with Crippen LogP contribution in [0.15, 0.2) is 40.2 Å². The third kappa shape index (κ3) is 1.17. The molecule has 3 rings (SSSR count). The van der Waals surface area contributed by atoms with Gasteiger partial charge in [0.1, 0.15) is 11.8 Å². The lowest BCUT2D eigenvalue weighted by atomic mass is 10.2. The van der Waals surface area contributed by atoms with E-state index in [-0.39, 0.29) is 5.56 Å². The maximum absolute atomic E-state index is 11.1. The van der Waals surface area contributed by atoms with Crippen LogP contribution in [-0.2, 0) is 0 Å². The van der Waals surface area contributed by atoms with Gasteiger partial charge in [-0.15, -0.1) is 0 Å². The van der Waals surface area contributed by atoms with Crippen LogP contribution in [0.25, 0.3) is 21.9 Å². The van der Waals surface area contributed by atoms with Gasteiger partial charge in [-0.25, -0.2) is 15.0 Å². The minimum atomic E-state index is -0.362. The fourth-order valence-corrected chi connectivity index (χ4v) is 1.49. The molecule has 3 aromatic rings. The molecule has 0 N–H and O–H groups in total. The van der Waals surface area contributed by atoms with Crippen LogP contribution in [0.2, 0.25) is 0 Å². The molecular formula is C10H5N3O2. The summed E-state index contributed by atoms with van der Waals surface area (Å²) in [5.74, 6) is 0. The highest BCUT2D eigenvalue weighted by atomic mass is 16.3. The van der Waals surface area contributed by atoms with E-state index in [0.717, 1.165) is 5.52 Å². The molecule has 0 aliphatic carbocycles. The minimum absolute atomic E-state index is 0.362. The lowest BCUT2D eigenvalue weighted by Gasteiger charge is -1.98. The Labute approximate surface area is 83.4 Å². The van der Waals surface area contributed by atoms with Crippen molar-refractivity contribution in [2.75, 3.05) is 0 Å². The number of fused-ring (bicyclic) bond motifs is 3. The van der Waals surface area contributed by atoms with Crippen LogP contribution < -0.4 is 5.56 Å². The predicted octanol–water partition coefficient (Wildman–Crippen LogP) is 1.13. The van der Waals surface area contributed by atoms with Crippen LogP contribution in [0, 0.1) is 0 Å². The first-order chi connectivity index (χ1) is 7.34. The molecule has 5 nitrogen and oxygen atoms in total. The summed E-state index contributed by atoms with van der Waals surface area (Å²) in [5.41, 5.74) is 1.55. The molecule has 0 radical (unpaired) electrons. The van der Waals surface area contributed by atoms with Gasteiger partial charge in [0.15, 0.2) is 6.39 Å². The Hall–Kier alpha value is -2.30. The topological polar surface area (TPSA) is 68.9 Å². The highest BCUT2D eigenvalue weighted by Gasteiger charge is 2.04. The molecule has 0 fully saturated rings. The van der Waals surface area contributed by atoms with Gasteiger partial charge in [-0.3, -0.25) is 4.79 Å². The summed E-state index contributed by atoms with van der Waals surface area (Å²) in [5, 5.41) is 0.695. The van der Waals surface area contributed by atoms with E-state index in [0.29, 0.717) is 16.4 Å². The van der Waals surface area contributed by atoms with Crippen LogP contribution in [0.4, 0.5) is 0 Å². The van der Waals surface area contributed by atoms with E-state index < -0.39 is 0 Å². The Bertz CT molecular complexity index is 705. The van der Waals surface area contributed by atoms with Crippen molar-refractivity contribution in [3.05, 3.63) is 41.3 Å². The normalized spacial score (nSPS) is 10.9. The summed E-state index contributed by atoms with van der Waals surface area (Å²) >= 11 is 0. The number of nitrogens with zero attached hydrogens (tertiary/aromatic N) is 3. The van der Waals surface area contributed by atoms with E-state index >= 15 is 0 Å². The number of benzene rings is 1. The number of rotatable bonds is 0. The van der Waals surface area contributed by atoms with Gasteiger partial charge in [0.2, 0.25) is 0 Å². The van der Waals surface area contributed by atoms with Gasteiger partial charge in [0.25, 0.3) is 5.56 Å². The van der Waals surface area contributed by atoms with Gasteiger partial charge in [-0.05, 0) is 12.1 Å². The Morgan fingerprint density at radius 1 is 1.13 bits per heavy atom. The van der Waals surface area contributed by atoms with Crippen molar-refractivity contribution in [1.82, 2.24) is 15.0 Å². The van der Waals surface area contributed by atoms with Crippen molar-refractivity contribution in [3.8, 4) is 0 Å². The third-order valence-corrected chi connectivity index (χ3v) is 2.15. The lowest BCUT2D eigenvalue weighted by molar-refractivity contribution is 0.537. The number of hydrogen-bond acceptors (Lipinski definition) is 5. The molecule has 0 saturated carbocycles. The lowest BCUT2D eigenvalue weighted by Crippen LogP contribution is -2.05. The number of aromatic nitrogens is 3. The van der Waals surface area contributed by atoms with Crippen molar-refractivity contribution >= 4 is 21.9 Å². The van der Waals surface area contributed by atoms with Gasteiger partial charge < -0.3 is 4.42 Å². The maximum atomic E-state index is 11.1. The smallest absolute Gasteiger partial charge is 0.288 e. The van der Waals surface area contributed by atoms with Crippen LogP contribution >= 0.6 is 0 Å². The van der Waals surface area contributed by atoms with E-state index in [9.17, 15) is 4.79 Å². The molecule has 0 aliphatic rings. The van der Waals surface area contributed by atoms with E-state index in [1.165, 1.54) is 18.9 Å². The van der Waals surface area contributed by atoms with Gasteiger partial charge >= 0.3 is 0 Å². The molecule has 0 aliphatic heterocycles. The van der Waals surface area contributed by atoms with E-state index in [2.05, 4.69) is 15.0 Å². The highest BCUT2D eigenvalue weighted by molar-refractivity contribution is 6.01. The van der Waals surface area contributed by atoms with Gasteiger partial charge in [0.05, 0.1) is 22.6 Å².